The fraction of sp³-hybridized carbons (Fsp3) is 0.179. The fourth-order valence-electron chi connectivity index (χ4n) is 4.32. The summed E-state index contributed by atoms with van der Waals surface area (Å²) >= 11 is 0. The molecule has 8 heteroatoms. The second kappa shape index (κ2) is 9.30. The number of anilines is 1. The maximum atomic E-state index is 13.4. The molecule has 4 aromatic rings. The van der Waals surface area contributed by atoms with E-state index in [4.69, 9.17) is 9.26 Å². The molecule has 0 saturated carbocycles. The molecule has 0 aliphatic carbocycles. The molecular weight excluding hydrogens is 459 g/mol. The van der Waals surface area contributed by atoms with Gasteiger partial charge >= 0.3 is 6.03 Å². The van der Waals surface area contributed by atoms with Gasteiger partial charge in [0.15, 0.2) is 0 Å². The van der Waals surface area contributed by atoms with E-state index in [1.807, 2.05) is 57.2 Å². The third-order valence-corrected chi connectivity index (χ3v) is 6.42. The van der Waals surface area contributed by atoms with Crippen LogP contribution in [0.3, 0.4) is 0 Å². The largest absolute Gasteiger partial charge is 0.497 e. The van der Waals surface area contributed by atoms with Crippen molar-refractivity contribution in [2.45, 2.75) is 26.8 Å². The quantitative estimate of drug-likeness (QED) is 0.365. The molecule has 1 aromatic heterocycles. The number of benzene rings is 3. The first-order valence-electron chi connectivity index (χ1n) is 11.5. The van der Waals surface area contributed by atoms with Crippen molar-refractivity contribution in [3.63, 3.8) is 0 Å². The molecule has 0 saturated heterocycles. The number of halogens is 1. The number of urea groups is 1. The molecule has 1 aliphatic heterocycles. The molecule has 3 aromatic carbocycles. The zero-order chi connectivity index (χ0) is 25.4. The van der Waals surface area contributed by atoms with E-state index in [1.165, 1.54) is 12.1 Å². The minimum absolute atomic E-state index is 0.267. The second-order valence-corrected chi connectivity index (χ2v) is 8.69. The molecule has 7 nitrogen and oxygen atoms in total. The van der Waals surface area contributed by atoms with Crippen LogP contribution in [0.5, 0.6) is 5.75 Å². The number of carbonyl (C=O) groups is 1. The topological polar surface area (TPSA) is 80.5 Å². The molecule has 1 atom stereocenters. The summed E-state index contributed by atoms with van der Waals surface area (Å²) in [6, 6.07) is 18.4. The summed E-state index contributed by atoms with van der Waals surface area (Å²) in [6.45, 7) is 5.92. The first-order valence-corrected chi connectivity index (χ1v) is 11.5. The monoisotopic (exact) mass is 484 g/mol. The molecule has 5 rings (SSSR count). The molecule has 0 radical (unpaired) electrons. The standard InChI is InChI=1S/C28H25FN4O3/c1-16-8-9-20(14-17(16)2)25-24(27-31-26(32-36-27)19-10-12-21(29)13-11-19)18(3)33(28(34)30-25)22-6-5-7-23(15-22)35-4/h5-15,25H,1-4H3,(H,30,34). The minimum atomic E-state index is -0.514. The molecule has 182 valence electrons. The highest BCUT2D eigenvalue weighted by Crippen LogP contribution is 2.40. The highest BCUT2D eigenvalue weighted by Gasteiger charge is 2.36. The number of carbonyl (C=O) groups excluding carboxylic acids is 1. The lowest BCUT2D eigenvalue weighted by Crippen LogP contribution is -2.46. The first kappa shape index (κ1) is 23.3. The Hall–Kier alpha value is -4.46. The number of methoxy groups -OCH3 is 1. The summed E-state index contributed by atoms with van der Waals surface area (Å²) in [5, 5.41) is 7.25. The molecule has 2 heterocycles. The van der Waals surface area contributed by atoms with Crippen LogP contribution < -0.4 is 15.0 Å². The van der Waals surface area contributed by atoms with E-state index >= 15 is 0 Å². The Morgan fingerprint density at radius 1 is 1.00 bits per heavy atom. The summed E-state index contributed by atoms with van der Waals surface area (Å²) in [4.78, 5) is 19.6. The van der Waals surface area contributed by atoms with Crippen molar-refractivity contribution in [2.75, 3.05) is 12.0 Å². The Morgan fingerprint density at radius 3 is 2.50 bits per heavy atom. The summed E-state index contributed by atoms with van der Waals surface area (Å²) in [5.74, 6) is 0.874. The van der Waals surface area contributed by atoms with E-state index < -0.39 is 6.04 Å². The van der Waals surface area contributed by atoms with Crippen LogP contribution in [0.1, 0.15) is 35.5 Å². The van der Waals surface area contributed by atoms with Crippen LogP contribution in [0.4, 0.5) is 14.9 Å². The third kappa shape index (κ3) is 4.22. The van der Waals surface area contributed by atoms with E-state index in [-0.39, 0.29) is 17.7 Å². The third-order valence-electron chi connectivity index (χ3n) is 6.42. The van der Waals surface area contributed by atoms with Crippen LogP contribution in [-0.2, 0) is 0 Å². The number of amides is 2. The van der Waals surface area contributed by atoms with Gasteiger partial charge in [0.1, 0.15) is 11.6 Å². The number of hydrogen-bond acceptors (Lipinski definition) is 5. The SMILES string of the molecule is COc1cccc(N2C(=O)NC(c3ccc(C)c(C)c3)C(c3nc(-c4ccc(F)cc4)no3)=C2C)c1. The van der Waals surface area contributed by atoms with Crippen molar-refractivity contribution in [2.24, 2.45) is 0 Å². The number of rotatable bonds is 5. The maximum Gasteiger partial charge on any atom is 0.327 e. The number of nitrogens with zero attached hydrogens (tertiary/aromatic N) is 3. The normalized spacial score (nSPS) is 15.8. The van der Waals surface area contributed by atoms with Crippen molar-refractivity contribution < 1.29 is 18.4 Å². The average molecular weight is 485 g/mol. The highest BCUT2D eigenvalue weighted by atomic mass is 19.1. The predicted molar refractivity (Wildman–Crippen MR) is 135 cm³/mol. The zero-order valence-corrected chi connectivity index (χ0v) is 20.4. The number of ether oxygens (including phenoxy) is 1. The summed E-state index contributed by atoms with van der Waals surface area (Å²) in [6.07, 6.45) is 0. The second-order valence-electron chi connectivity index (χ2n) is 8.69. The van der Waals surface area contributed by atoms with Crippen molar-refractivity contribution in [3.05, 3.63) is 101 Å². The van der Waals surface area contributed by atoms with Crippen molar-refractivity contribution in [1.82, 2.24) is 15.5 Å². The lowest BCUT2D eigenvalue weighted by atomic mass is 9.92. The molecule has 1 aliphatic rings. The molecule has 1 N–H and O–H groups in total. The lowest BCUT2D eigenvalue weighted by Gasteiger charge is -2.35. The Labute approximate surface area is 208 Å². The van der Waals surface area contributed by atoms with E-state index in [9.17, 15) is 9.18 Å². The Kier molecular flexibility index (Phi) is 6.01. The van der Waals surface area contributed by atoms with Crippen molar-refractivity contribution in [3.8, 4) is 17.1 Å². The summed E-state index contributed by atoms with van der Waals surface area (Å²) in [7, 11) is 1.58. The average Bonchev–Trinajstić information content (AvgIpc) is 3.35. The van der Waals surface area contributed by atoms with Crippen LogP contribution in [0.15, 0.2) is 77.0 Å². The van der Waals surface area contributed by atoms with E-state index in [1.54, 1.807) is 30.2 Å². The number of allylic oxidation sites excluding steroid dienone is 1. The van der Waals surface area contributed by atoms with Gasteiger partial charge < -0.3 is 14.6 Å². The Morgan fingerprint density at radius 2 is 1.78 bits per heavy atom. The van der Waals surface area contributed by atoms with Gasteiger partial charge in [-0.2, -0.15) is 4.98 Å². The van der Waals surface area contributed by atoms with E-state index in [2.05, 4.69) is 15.5 Å². The van der Waals surface area contributed by atoms with Crippen molar-refractivity contribution in [1.29, 1.82) is 0 Å². The van der Waals surface area contributed by atoms with E-state index in [0.717, 1.165) is 16.7 Å². The summed E-state index contributed by atoms with van der Waals surface area (Å²) in [5.41, 5.74) is 5.72. The predicted octanol–water partition coefficient (Wildman–Crippen LogP) is 6.20. The van der Waals surface area contributed by atoms with Gasteiger partial charge in [-0.3, -0.25) is 4.90 Å². The van der Waals surface area contributed by atoms with Gasteiger partial charge in [0, 0.05) is 17.3 Å². The van der Waals surface area contributed by atoms with Gasteiger partial charge in [0.2, 0.25) is 5.82 Å². The van der Waals surface area contributed by atoms with Gasteiger partial charge in [-0.1, -0.05) is 29.4 Å². The minimum Gasteiger partial charge on any atom is -0.497 e. The summed E-state index contributed by atoms with van der Waals surface area (Å²) < 4.78 is 24.5. The number of aromatic nitrogens is 2. The van der Waals surface area contributed by atoms with Crippen LogP contribution in [0, 0.1) is 19.7 Å². The van der Waals surface area contributed by atoms with E-state index in [0.29, 0.717) is 34.1 Å². The zero-order valence-electron chi connectivity index (χ0n) is 20.4. The van der Waals surface area contributed by atoms with Crippen LogP contribution in [-0.4, -0.2) is 23.3 Å². The first-order chi connectivity index (χ1) is 17.4. The van der Waals surface area contributed by atoms with Crippen LogP contribution >= 0.6 is 0 Å². The smallest absolute Gasteiger partial charge is 0.327 e. The van der Waals surface area contributed by atoms with Crippen LogP contribution in [0.25, 0.3) is 17.0 Å². The fourth-order valence-corrected chi connectivity index (χ4v) is 4.32. The molecular formula is C28H25FN4O3. The number of hydrogen-bond donors (Lipinski definition) is 1. The maximum absolute atomic E-state index is 13.4. The highest BCUT2D eigenvalue weighted by molar-refractivity contribution is 6.01. The van der Waals surface area contributed by atoms with Gasteiger partial charge in [-0.25, -0.2) is 9.18 Å². The molecule has 2 amide bonds. The van der Waals surface area contributed by atoms with Gasteiger partial charge in [-0.15, -0.1) is 0 Å². The van der Waals surface area contributed by atoms with Crippen LogP contribution in [0.2, 0.25) is 0 Å². The molecule has 0 fully saturated rings. The van der Waals surface area contributed by atoms with Gasteiger partial charge in [-0.05, 0) is 73.9 Å². The number of aryl methyl sites for hydroxylation is 2. The molecule has 0 bridgehead atoms. The van der Waals surface area contributed by atoms with Gasteiger partial charge in [0.25, 0.3) is 5.89 Å². The Bertz CT molecular complexity index is 1480. The molecule has 36 heavy (non-hydrogen) atoms. The lowest BCUT2D eigenvalue weighted by molar-refractivity contribution is 0.244. The number of nitrogens with one attached hydrogen (secondary N) is 1. The van der Waals surface area contributed by atoms with Crippen molar-refractivity contribution >= 4 is 17.3 Å². The molecule has 0 spiro atoms. The Balaban J connectivity index is 1.66. The van der Waals surface area contributed by atoms with Gasteiger partial charge in [0.05, 0.1) is 24.4 Å². The molecule has 1 unspecified atom stereocenters.